The first-order chi connectivity index (χ1) is 10.5. The molecule has 1 amide bonds. The number of esters is 1. The highest BCUT2D eigenvalue weighted by Crippen LogP contribution is 2.19. The highest BCUT2D eigenvalue weighted by atomic mass is 16.5. The van der Waals surface area contributed by atoms with Gasteiger partial charge in [-0.1, -0.05) is 29.8 Å². The lowest BCUT2D eigenvalue weighted by atomic mass is 10.0. The lowest BCUT2D eigenvalue weighted by Gasteiger charge is -2.10. The second-order valence-electron chi connectivity index (χ2n) is 4.69. The summed E-state index contributed by atoms with van der Waals surface area (Å²) < 4.78 is 4.45. The summed E-state index contributed by atoms with van der Waals surface area (Å²) in [6.07, 6.45) is 0. The Balaban J connectivity index is 2.33. The molecule has 0 aliphatic rings. The van der Waals surface area contributed by atoms with Crippen molar-refractivity contribution in [3.8, 4) is 0 Å². The van der Waals surface area contributed by atoms with E-state index in [-0.39, 0.29) is 17.2 Å². The SMILES string of the molecule is COC(=O)C(=O)c1cc(C)ccc1NC(=O)c1ccccc1. The van der Waals surface area contributed by atoms with Crippen LogP contribution in [0.15, 0.2) is 48.5 Å². The normalized spacial score (nSPS) is 9.91. The third kappa shape index (κ3) is 3.38. The summed E-state index contributed by atoms with van der Waals surface area (Å²) in [5, 5.41) is 2.65. The van der Waals surface area contributed by atoms with Gasteiger partial charge in [0, 0.05) is 5.56 Å². The van der Waals surface area contributed by atoms with Gasteiger partial charge in [0.2, 0.25) is 0 Å². The number of hydrogen-bond donors (Lipinski definition) is 1. The number of carbonyl (C=O) groups is 3. The van der Waals surface area contributed by atoms with Crippen LogP contribution in [0.4, 0.5) is 5.69 Å². The number of ketones is 1. The van der Waals surface area contributed by atoms with Crippen molar-refractivity contribution in [1.82, 2.24) is 0 Å². The van der Waals surface area contributed by atoms with E-state index in [0.717, 1.165) is 12.7 Å². The van der Waals surface area contributed by atoms with E-state index in [1.54, 1.807) is 55.5 Å². The first kappa shape index (κ1) is 15.4. The Morgan fingerprint density at radius 3 is 2.32 bits per heavy atom. The van der Waals surface area contributed by atoms with Gasteiger partial charge in [-0.15, -0.1) is 0 Å². The summed E-state index contributed by atoms with van der Waals surface area (Å²) in [7, 11) is 1.14. The fraction of sp³-hybridized carbons (Fsp3) is 0.118. The van der Waals surface area contributed by atoms with Gasteiger partial charge in [-0.2, -0.15) is 0 Å². The van der Waals surface area contributed by atoms with E-state index in [2.05, 4.69) is 10.1 Å². The average Bonchev–Trinajstić information content (AvgIpc) is 2.55. The molecule has 1 N–H and O–H groups in total. The molecule has 2 aromatic carbocycles. The molecule has 2 aromatic rings. The summed E-state index contributed by atoms with van der Waals surface area (Å²) in [6, 6.07) is 13.5. The molecule has 2 rings (SSSR count). The van der Waals surface area contributed by atoms with Crippen LogP contribution in [0.5, 0.6) is 0 Å². The van der Waals surface area contributed by atoms with Crippen molar-refractivity contribution >= 4 is 23.3 Å². The maximum absolute atomic E-state index is 12.2. The van der Waals surface area contributed by atoms with Gasteiger partial charge in [0.1, 0.15) is 0 Å². The maximum Gasteiger partial charge on any atom is 0.379 e. The predicted octanol–water partition coefficient (Wildman–Crippen LogP) is 2.60. The number of rotatable bonds is 4. The molecule has 0 fully saturated rings. The number of hydrogen-bond acceptors (Lipinski definition) is 4. The summed E-state index contributed by atoms with van der Waals surface area (Å²) in [5.41, 5.74) is 1.63. The van der Waals surface area contributed by atoms with Crippen molar-refractivity contribution in [2.24, 2.45) is 0 Å². The maximum atomic E-state index is 12.2. The van der Waals surface area contributed by atoms with Crippen LogP contribution in [0.2, 0.25) is 0 Å². The number of methoxy groups -OCH3 is 1. The molecule has 112 valence electrons. The van der Waals surface area contributed by atoms with Crippen molar-refractivity contribution < 1.29 is 19.1 Å². The van der Waals surface area contributed by atoms with Crippen LogP contribution in [-0.2, 0) is 9.53 Å². The zero-order chi connectivity index (χ0) is 16.1. The van der Waals surface area contributed by atoms with Gasteiger partial charge in [0.25, 0.3) is 11.7 Å². The van der Waals surface area contributed by atoms with E-state index in [0.29, 0.717) is 5.56 Å². The first-order valence-electron chi connectivity index (χ1n) is 6.62. The third-order valence-electron chi connectivity index (χ3n) is 3.07. The quantitative estimate of drug-likeness (QED) is 0.535. The summed E-state index contributed by atoms with van der Waals surface area (Å²) in [4.78, 5) is 35.7. The van der Waals surface area contributed by atoms with Gasteiger partial charge in [-0.25, -0.2) is 4.79 Å². The molecule has 0 aliphatic carbocycles. The Kier molecular flexibility index (Phi) is 4.68. The minimum absolute atomic E-state index is 0.108. The summed E-state index contributed by atoms with van der Waals surface area (Å²) >= 11 is 0. The smallest absolute Gasteiger partial charge is 0.379 e. The van der Waals surface area contributed by atoms with Crippen molar-refractivity contribution in [2.75, 3.05) is 12.4 Å². The molecule has 0 aliphatic heterocycles. The van der Waals surface area contributed by atoms with E-state index >= 15 is 0 Å². The van der Waals surface area contributed by atoms with Crippen LogP contribution in [0.25, 0.3) is 0 Å². The molecule has 0 spiro atoms. The number of anilines is 1. The monoisotopic (exact) mass is 297 g/mol. The Morgan fingerprint density at radius 2 is 1.68 bits per heavy atom. The zero-order valence-electron chi connectivity index (χ0n) is 12.3. The van der Waals surface area contributed by atoms with Crippen LogP contribution >= 0.6 is 0 Å². The van der Waals surface area contributed by atoms with Gasteiger partial charge < -0.3 is 10.1 Å². The molecule has 5 nitrogen and oxygen atoms in total. The van der Waals surface area contributed by atoms with E-state index in [4.69, 9.17) is 0 Å². The van der Waals surface area contributed by atoms with Crippen molar-refractivity contribution in [2.45, 2.75) is 6.92 Å². The Bertz CT molecular complexity index is 723. The van der Waals surface area contributed by atoms with Crippen LogP contribution in [0, 0.1) is 6.92 Å². The largest absolute Gasteiger partial charge is 0.463 e. The number of carbonyl (C=O) groups excluding carboxylic acids is 3. The molecule has 0 aromatic heterocycles. The average molecular weight is 297 g/mol. The van der Waals surface area contributed by atoms with Crippen molar-refractivity contribution in [3.05, 3.63) is 65.2 Å². The molecule has 5 heteroatoms. The van der Waals surface area contributed by atoms with Gasteiger partial charge >= 0.3 is 5.97 Å². The van der Waals surface area contributed by atoms with E-state index in [1.807, 2.05) is 0 Å². The second-order valence-corrected chi connectivity index (χ2v) is 4.69. The molecule has 22 heavy (non-hydrogen) atoms. The van der Waals surface area contributed by atoms with Crippen molar-refractivity contribution in [3.63, 3.8) is 0 Å². The van der Waals surface area contributed by atoms with Crippen LogP contribution < -0.4 is 5.32 Å². The number of ether oxygens (including phenoxy) is 1. The zero-order valence-corrected chi connectivity index (χ0v) is 12.3. The first-order valence-corrected chi connectivity index (χ1v) is 6.62. The number of amides is 1. The van der Waals surface area contributed by atoms with E-state index in [9.17, 15) is 14.4 Å². The van der Waals surface area contributed by atoms with E-state index < -0.39 is 11.8 Å². The van der Waals surface area contributed by atoms with E-state index in [1.165, 1.54) is 0 Å². The lowest BCUT2D eigenvalue weighted by Crippen LogP contribution is -2.20. The van der Waals surface area contributed by atoms with Gasteiger partial charge in [-0.3, -0.25) is 9.59 Å². The Hall–Kier alpha value is -2.95. The number of Topliss-reactive ketones (excluding diaryl/α,β-unsaturated/α-hetero) is 1. The second kappa shape index (κ2) is 6.67. The van der Waals surface area contributed by atoms with Crippen LogP contribution in [0.1, 0.15) is 26.3 Å². The van der Waals surface area contributed by atoms with Gasteiger partial charge in [-0.05, 0) is 31.2 Å². The van der Waals surface area contributed by atoms with Crippen LogP contribution in [0.3, 0.4) is 0 Å². The summed E-state index contributed by atoms with van der Waals surface area (Å²) in [6.45, 7) is 1.79. The predicted molar refractivity (Wildman–Crippen MR) is 81.9 cm³/mol. The van der Waals surface area contributed by atoms with Crippen LogP contribution in [-0.4, -0.2) is 24.8 Å². The molecular weight excluding hydrogens is 282 g/mol. The van der Waals surface area contributed by atoms with Gasteiger partial charge in [0.15, 0.2) is 0 Å². The Labute approximate surface area is 127 Å². The fourth-order valence-corrected chi connectivity index (χ4v) is 1.94. The lowest BCUT2D eigenvalue weighted by molar-refractivity contribution is -0.135. The topological polar surface area (TPSA) is 72.5 Å². The minimum atomic E-state index is -0.971. The number of benzene rings is 2. The molecule has 0 bridgehead atoms. The van der Waals surface area contributed by atoms with Crippen molar-refractivity contribution in [1.29, 1.82) is 0 Å². The molecule has 0 unspecified atom stereocenters. The number of nitrogens with one attached hydrogen (secondary N) is 1. The van der Waals surface area contributed by atoms with Gasteiger partial charge in [0.05, 0.1) is 18.4 Å². The highest BCUT2D eigenvalue weighted by molar-refractivity contribution is 6.42. The molecule has 0 saturated heterocycles. The standard InChI is InChI=1S/C17H15NO4/c1-11-8-9-14(13(10-11)15(19)17(21)22-2)18-16(20)12-6-4-3-5-7-12/h3-10H,1-2H3,(H,18,20). The Morgan fingerprint density at radius 1 is 1.00 bits per heavy atom. The third-order valence-corrected chi connectivity index (χ3v) is 3.07. The molecular formula is C17H15NO4. The fourth-order valence-electron chi connectivity index (χ4n) is 1.94. The highest BCUT2D eigenvalue weighted by Gasteiger charge is 2.21. The minimum Gasteiger partial charge on any atom is -0.463 e. The number of aryl methyl sites for hydroxylation is 1. The molecule has 0 heterocycles. The summed E-state index contributed by atoms with van der Waals surface area (Å²) in [5.74, 6) is -2.13. The molecule has 0 radical (unpaired) electrons. The molecule has 0 saturated carbocycles. The molecule has 0 atom stereocenters.